The molecule has 0 aromatic heterocycles. The lowest BCUT2D eigenvalue weighted by molar-refractivity contribution is 0.206. The van der Waals surface area contributed by atoms with Crippen LogP contribution in [0.2, 0.25) is 0 Å². The van der Waals surface area contributed by atoms with Gasteiger partial charge in [-0.3, -0.25) is 0 Å². The summed E-state index contributed by atoms with van der Waals surface area (Å²) in [7, 11) is 0. The fourth-order valence-corrected chi connectivity index (χ4v) is 2.57. The average molecular weight is 208 g/mol. The van der Waals surface area contributed by atoms with E-state index in [1.54, 1.807) is 6.07 Å². The Hall–Kier alpha value is -0.890. The van der Waals surface area contributed by atoms with Crippen molar-refractivity contribution in [3.8, 4) is 0 Å². The molecule has 1 aliphatic carbocycles. The molecule has 1 aromatic rings. The first-order chi connectivity index (χ1) is 7.24. The van der Waals surface area contributed by atoms with Gasteiger partial charge in [-0.25, -0.2) is 4.39 Å². The van der Waals surface area contributed by atoms with Gasteiger partial charge in [0.15, 0.2) is 0 Å². The highest BCUT2D eigenvalue weighted by Crippen LogP contribution is 2.38. The molecule has 2 unspecified atom stereocenters. The summed E-state index contributed by atoms with van der Waals surface area (Å²) in [5, 5.41) is 9.18. The topological polar surface area (TPSA) is 20.2 Å². The Labute approximate surface area is 89.9 Å². The summed E-state index contributed by atoms with van der Waals surface area (Å²) in [5.41, 5.74) is 1.98. The van der Waals surface area contributed by atoms with E-state index in [0.717, 1.165) is 30.4 Å². The van der Waals surface area contributed by atoms with Crippen molar-refractivity contribution in [2.24, 2.45) is 5.92 Å². The zero-order valence-corrected chi connectivity index (χ0v) is 9.04. The molecule has 2 rings (SSSR count). The fourth-order valence-electron chi connectivity index (χ4n) is 2.57. The smallest absolute Gasteiger partial charge is 0.126 e. The standard InChI is InChI=1S/C13H17FO/c1-9(8-15)11-6-2-4-10-5-3-7-12(14)13(10)11/h3,5,7,9,11,15H,2,4,6,8H2,1H3. The molecule has 0 saturated carbocycles. The van der Waals surface area contributed by atoms with Crippen LogP contribution in [-0.4, -0.2) is 11.7 Å². The van der Waals surface area contributed by atoms with Crippen LogP contribution < -0.4 is 0 Å². The number of aryl methyl sites for hydroxylation is 1. The first-order valence-corrected chi connectivity index (χ1v) is 5.62. The van der Waals surface area contributed by atoms with Crippen molar-refractivity contribution in [1.29, 1.82) is 0 Å². The summed E-state index contributed by atoms with van der Waals surface area (Å²) in [6, 6.07) is 5.32. The zero-order valence-electron chi connectivity index (χ0n) is 9.04. The highest BCUT2D eigenvalue weighted by molar-refractivity contribution is 5.34. The molecule has 1 aromatic carbocycles. The molecule has 0 fully saturated rings. The average Bonchev–Trinajstić information content (AvgIpc) is 2.28. The van der Waals surface area contributed by atoms with Gasteiger partial charge in [-0.15, -0.1) is 0 Å². The van der Waals surface area contributed by atoms with Crippen LogP contribution in [0, 0.1) is 11.7 Å². The van der Waals surface area contributed by atoms with Gasteiger partial charge < -0.3 is 5.11 Å². The number of fused-ring (bicyclic) bond motifs is 1. The second kappa shape index (κ2) is 4.31. The number of hydrogen-bond donors (Lipinski definition) is 1. The molecule has 2 heteroatoms. The molecule has 1 aliphatic rings. The third-order valence-corrected chi connectivity index (χ3v) is 3.45. The predicted octanol–water partition coefficient (Wildman–Crippen LogP) is 2.87. The lowest BCUT2D eigenvalue weighted by Gasteiger charge is -2.29. The van der Waals surface area contributed by atoms with E-state index in [-0.39, 0.29) is 24.3 Å². The van der Waals surface area contributed by atoms with E-state index in [9.17, 15) is 9.50 Å². The van der Waals surface area contributed by atoms with E-state index in [2.05, 4.69) is 0 Å². The van der Waals surface area contributed by atoms with Crippen LogP contribution >= 0.6 is 0 Å². The van der Waals surface area contributed by atoms with E-state index < -0.39 is 0 Å². The van der Waals surface area contributed by atoms with E-state index in [0.29, 0.717) is 0 Å². The minimum absolute atomic E-state index is 0.0995. The number of aliphatic hydroxyl groups excluding tert-OH is 1. The van der Waals surface area contributed by atoms with Crippen molar-refractivity contribution in [2.45, 2.75) is 32.1 Å². The maximum absolute atomic E-state index is 13.7. The van der Waals surface area contributed by atoms with Gasteiger partial charge in [-0.2, -0.15) is 0 Å². The van der Waals surface area contributed by atoms with Gasteiger partial charge in [0, 0.05) is 6.61 Å². The van der Waals surface area contributed by atoms with Gasteiger partial charge in [-0.1, -0.05) is 19.1 Å². The summed E-state index contributed by atoms with van der Waals surface area (Å²) in [5.74, 6) is 0.249. The third-order valence-electron chi connectivity index (χ3n) is 3.45. The Balaban J connectivity index is 2.40. The highest BCUT2D eigenvalue weighted by Gasteiger charge is 2.27. The minimum Gasteiger partial charge on any atom is -0.396 e. The fraction of sp³-hybridized carbons (Fsp3) is 0.538. The van der Waals surface area contributed by atoms with Gasteiger partial charge in [0.05, 0.1) is 0 Å². The molecule has 0 saturated heterocycles. The van der Waals surface area contributed by atoms with Crippen molar-refractivity contribution in [1.82, 2.24) is 0 Å². The van der Waals surface area contributed by atoms with Crippen molar-refractivity contribution in [3.05, 3.63) is 35.1 Å². The van der Waals surface area contributed by atoms with E-state index in [1.807, 2.05) is 13.0 Å². The Bertz CT molecular complexity index is 348. The SMILES string of the molecule is CC(CO)C1CCCc2cccc(F)c21. The normalized spacial score (nSPS) is 22.2. The minimum atomic E-state index is -0.0995. The Kier molecular flexibility index (Phi) is 3.06. The van der Waals surface area contributed by atoms with Crippen LogP contribution in [0.4, 0.5) is 4.39 Å². The lowest BCUT2D eigenvalue weighted by atomic mass is 9.76. The summed E-state index contributed by atoms with van der Waals surface area (Å²) in [4.78, 5) is 0. The number of halogens is 1. The molecular weight excluding hydrogens is 191 g/mol. The first-order valence-electron chi connectivity index (χ1n) is 5.62. The second-order valence-corrected chi connectivity index (χ2v) is 4.47. The van der Waals surface area contributed by atoms with Crippen LogP contribution in [-0.2, 0) is 6.42 Å². The number of hydrogen-bond acceptors (Lipinski definition) is 1. The molecule has 15 heavy (non-hydrogen) atoms. The number of rotatable bonds is 2. The lowest BCUT2D eigenvalue weighted by Crippen LogP contribution is -2.20. The molecular formula is C13H17FO. The van der Waals surface area contributed by atoms with Gasteiger partial charge >= 0.3 is 0 Å². The number of aliphatic hydroxyl groups is 1. The van der Waals surface area contributed by atoms with Gasteiger partial charge in [0.25, 0.3) is 0 Å². The van der Waals surface area contributed by atoms with Crippen LogP contribution in [0.3, 0.4) is 0 Å². The van der Waals surface area contributed by atoms with E-state index in [4.69, 9.17) is 0 Å². The van der Waals surface area contributed by atoms with Crippen LogP contribution in [0.5, 0.6) is 0 Å². The molecule has 0 radical (unpaired) electrons. The molecule has 0 amide bonds. The molecule has 0 spiro atoms. The third kappa shape index (κ3) is 1.91. The van der Waals surface area contributed by atoms with Crippen molar-refractivity contribution in [3.63, 3.8) is 0 Å². The molecule has 0 aliphatic heterocycles. The quantitative estimate of drug-likeness (QED) is 0.792. The van der Waals surface area contributed by atoms with Crippen LogP contribution in [0.15, 0.2) is 18.2 Å². The van der Waals surface area contributed by atoms with Gasteiger partial charge in [0.2, 0.25) is 0 Å². The maximum atomic E-state index is 13.7. The summed E-state index contributed by atoms with van der Waals surface area (Å²) in [6.07, 6.45) is 3.07. The highest BCUT2D eigenvalue weighted by atomic mass is 19.1. The van der Waals surface area contributed by atoms with Gasteiger partial charge in [-0.05, 0) is 48.3 Å². The monoisotopic (exact) mass is 208 g/mol. The van der Waals surface area contributed by atoms with Crippen molar-refractivity contribution < 1.29 is 9.50 Å². The zero-order chi connectivity index (χ0) is 10.8. The van der Waals surface area contributed by atoms with Gasteiger partial charge in [0.1, 0.15) is 5.82 Å². The molecule has 1 N–H and O–H groups in total. The van der Waals surface area contributed by atoms with E-state index >= 15 is 0 Å². The summed E-state index contributed by atoms with van der Waals surface area (Å²) in [6.45, 7) is 2.13. The predicted molar refractivity (Wildman–Crippen MR) is 58.3 cm³/mol. The van der Waals surface area contributed by atoms with E-state index in [1.165, 1.54) is 6.07 Å². The second-order valence-electron chi connectivity index (χ2n) is 4.47. The Morgan fingerprint density at radius 3 is 3.07 bits per heavy atom. The van der Waals surface area contributed by atoms with Crippen LogP contribution in [0.1, 0.15) is 36.8 Å². The Morgan fingerprint density at radius 2 is 2.33 bits per heavy atom. The van der Waals surface area contributed by atoms with Crippen LogP contribution in [0.25, 0.3) is 0 Å². The Morgan fingerprint density at radius 1 is 1.53 bits per heavy atom. The molecule has 2 atom stereocenters. The summed E-state index contributed by atoms with van der Waals surface area (Å²) >= 11 is 0. The maximum Gasteiger partial charge on any atom is 0.126 e. The van der Waals surface area contributed by atoms with Crippen molar-refractivity contribution >= 4 is 0 Å². The summed E-state index contributed by atoms with van der Waals surface area (Å²) < 4.78 is 13.7. The van der Waals surface area contributed by atoms with Crippen molar-refractivity contribution in [2.75, 3.05) is 6.61 Å². The molecule has 82 valence electrons. The molecule has 1 nitrogen and oxygen atoms in total. The number of benzene rings is 1. The molecule has 0 bridgehead atoms. The largest absolute Gasteiger partial charge is 0.396 e. The first kappa shape index (κ1) is 10.6. The molecule has 0 heterocycles.